The third kappa shape index (κ3) is 4.17. The SMILES string of the molecule is Cc1nc2c(cc1C(=O)Nc1ccccc1)c(=O)cc(Nc1ccccc1)n2-c1ccccc1. The molecule has 166 valence electrons. The Morgan fingerprint density at radius 1 is 0.794 bits per heavy atom. The van der Waals surface area contributed by atoms with Crippen LogP contribution in [0.4, 0.5) is 17.2 Å². The maximum absolute atomic E-state index is 13.2. The highest BCUT2D eigenvalue weighted by Gasteiger charge is 2.18. The van der Waals surface area contributed by atoms with Crippen LogP contribution in [0, 0.1) is 6.92 Å². The summed E-state index contributed by atoms with van der Waals surface area (Å²) in [7, 11) is 0. The van der Waals surface area contributed by atoms with E-state index < -0.39 is 0 Å². The normalized spacial score (nSPS) is 10.7. The summed E-state index contributed by atoms with van der Waals surface area (Å²) in [6, 6.07) is 31.7. The molecule has 1 amide bonds. The molecule has 6 heteroatoms. The molecule has 0 unspecified atom stereocenters. The van der Waals surface area contributed by atoms with Gasteiger partial charge in [-0.1, -0.05) is 54.6 Å². The second-order valence-electron chi connectivity index (χ2n) is 7.87. The summed E-state index contributed by atoms with van der Waals surface area (Å²) in [4.78, 5) is 30.9. The molecule has 0 radical (unpaired) electrons. The fourth-order valence-electron chi connectivity index (χ4n) is 3.87. The van der Waals surface area contributed by atoms with Crippen molar-refractivity contribution < 1.29 is 4.79 Å². The number of para-hydroxylation sites is 3. The van der Waals surface area contributed by atoms with Crippen LogP contribution in [-0.2, 0) is 0 Å². The summed E-state index contributed by atoms with van der Waals surface area (Å²) < 4.78 is 1.90. The lowest BCUT2D eigenvalue weighted by atomic mass is 10.1. The van der Waals surface area contributed by atoms with Gasteiger partial charge in [-0.25, -0.2) is 4.98 Å². The zero-order valence-corrected chi connectivity index (χ0v) is 18.5. The summed E-state index contributed by atoms with van der Waals surface area (Å²) in [6.45, 7) is 1.77. The van der Waals surface area contributed by atoms with Crippen LogP contribution in [0.25, 0.3) is 16.7 Å². The number of aryl methyl sites for hydroxylation is 1. The van der Waals surface area contributed by atoms with Gasteiger partial charge in [-0.3, -0.25) is 14.2 Å². The van der Waals surface area contributed by atoms with E-state index in [0.717, 1.165) is 11.4 Å². The number of nitrogens with one attached hydrogen (secondary N) is 2. The minimum atomic E-state index is -0.310. The Morgan fingerprint density at radius 3 is 2.03 bits per heavy atom. The van der Waals surface area contributed by atoms with E-state index in [1.54, 1.807) is 13.0 Å². The van der Waals surface area contributed by atoms with Crippen LogP contribution < -0.4 is 16.1 Å². The Labute approximate surface area is 196 Å². The zero-order valence-electron chi connectivity index (χ0n) is 18.5. The number of carbonyl (C=O) groups excluding carboxylic acids is 1. The number of hydrogen-bond donors (Lipinski definition) is 2. The quantitative estimate of drug-likeness (QED) is 0.364. The highest BCUT2D eigenvalue weighted by Crippen LogP contribution is 2.25. The van der Waals surface area contributed by atoms with E-state index in [-0.39, 0.29) is 11.3 Å². The monoisotopic (exact) mass is 446 g/mol. The number of pyridine rings is 2. The number of anilines is 3. The van der Waals surface area contributed by atoms with E-state index in [1.807, 2.05) is 95.6 Å². The minimum Gasteiger partial charge on any atom is -0.341 e. The molecular weight excluding hydrogens is 424 g/mol. The average molecular weight is 447 g/mol. The van der Waals surface area contributed by atoms with Gasteiger partial charge >= 0.3 is 0 Å². The van der Waals surface area contributed by atoms with Gasteiger partial charge in [0.25, 0.3) is 5.91 Å². The van der Waals surface area contributed by atoms with E-state index in [4.69, 9.17) is 4.98 Å². The fraction of sp³-hybridized carbons (Fsp3) is 0.0357. The van der Waals surface area contributed by atoms with Crippen molar-refractivity contribution in [2.75, 3.05) is 10.6 Å². The third-order valence-electron chi connectivity index (χ3n) is 5.52. The number of carbonyl (C=O) groups is 1. The highest BCUT2D eigenvalue weighted by atomic mass is 16.1. The Balaban J connectivity index is 1.67. The molecule has 34 heavy (non-hydrogen) atoms. The van der Waals surface area contributed by atoms with Crippen LogP contribution >= 0.6 is 0 Å². The first-order valence-electron chi connectivity index (χ1n) is 10.9. The molecule has 0 aliphatic heterocycles. The maximum atomic E-state index is 13.2. The number of hydrogen-bond acceptors (Lipinski definition) is 4. The Morgan fingerprint density at radius 2 is 1.38 bits per heavy atom. The Bertz CT molecular complexity index is 1530. The van der Waals surface area contributed by atoms with Gasteiger partial charge in [0.15, 0.2) is 5.43 Å². The van der Waals surface area contributed by atoms with Crippen molar-refractivity contribution in [2.45, 2.75) is 6.92 Å². The second kappa shape index (κ2) is 9.03. The van der Waals surface area contributed by atoms with Crippen molar-refractivity contribution in [3.05, 3.63) is 125 Å². The van der Waals surface area contributed by atoms with E-state index in [0.29, 0.717) is 33.8 Å². The van der Waals surface area contributed by atoms with Crippen LogP contribution in [0.5, 0.6) is 0 Å². The first-order chi connectivity index (χ1) is 16.6. The molecule has 3 aromatic carbocycles. The molecule has 0 bridgehead atoms. The van der Waals surface area contributed by atoms with Gasteiger partial charge in [-0.2, -0.15) is 0 Å². The third-order valence-corrected chi connectivity index (χ3v) is 5.52. The number of fused-ring (bicyclic) bond motifs is 1. The lowest BCUT2D eigenvalue weighted by Gasteiger charge is -2.19. The van der Waals surface area contributed by atoms with Crippen molar-refractivity contribution in [3.63, 3.8) is 0 Å². The summed E-state index contributed by atoms with van der Waals surface area (Å²) in [6.07, 6.45) is 0. The van der Waals surface area contributed by atoms with Crippen molar-refractivity contribution >= 4 is 34.1 Å². The molecule has 0 fully saturated rings. The van der Waals surface area contributed by atoms with E-state index >= 15 is 0 Å². The number of benzene rings is 3. The van der Waals surface area contributed by atoms with Crippen molar-refractivity contribution in [1.29, 1.82) is 0 Å². The van der Waals surface area contributed by atoms with Gasteiger partial charge in [-0.15, -0.1) is 0 Å². The van der Waals surface area contributed by atoms with Gasteiger partial charge in [-0.05, 0) is 49.4 Å². The van der Waals surface area contributed by atoms with E-state index in [2.05, 4.69) is 10.6 Å². The topological polar surface area (TPSA) is 76.0 Å². The minimum absolute atomic E-state index is 0.220. The first kappa shape index (κ1) is 21.2. The Hall–Kier alpha value is -4.71. The van der Waals surface area contributed by atoms with Crippen LogP contribution in [0.15, 0.2) is 108 Å². The molecule has 2 aromatic heterocycles. The lowest BCUT2D eigenvalue weighted by molar-refractivity contribution is 0.102. The number of rotatable bonds is 5. The molecule has 0 aliphatic rings. The van der Waals surface area contributed by atoms with Crippen LogP contribution in [0.1, 0.15) is 16.1 Å². The molecule has 6 nitrogen and oxygen atoms in total. The van der Waals surface area contributed by atoms with Gasteiger partial charge in [0.1, 0.15) is 11.5 Å². The second-order valence-corrected chi connectivity index (χ2v) is 7.87. The van der Waals surface area contributed by atoms with Crippen molar-refractivity contribution in [3.8, 4) is 5.69 Å². The van der Waals surface area contributed by atoms with Crippen LogP contribution in [0.2, 0.25) is 0 Å². The largest absolute Gasteiger partial charge is 0.341 e. The molecule has 0 atom stereocenters. The van der Waals surface area contributed by atoms with Gasteiger partial charge in [0.05, 0.1) is 16.6 Å². The first-order valence-corrected chi connectivity index (χ1v) is 10.9. The molecule has 5 rings (SSSR count). The van der Waals surface area contributed by atoms with E-state index in [9.17, 15) is 9.59 Å². The maximum Gasteiger partial charge on any atom is 0.257 e. The molecule has 0 saturated carbocycles. The predicted molar refractivity (Wildman–Crippen MR) is 136 cm³/mol. The molecule has 2 heterocycles. The van der Waals surface area contributed by atoms with E-state index in [1.165, 1.54) is 6.07 Å². The number of aromatic nitrogens is 2. The highest BCUT2D eigenvalue weighted by molar-refractivity contribution is 6.06. The van der Waals surface area contributed by atoms with Gasteiger partial charge < -0.3 is 10.6 Å². The Kier molecular flexibility index (Phi) is 5.62. The molecule has 0 aliphatic carbocycles. The summed E-state index contributed by atoms with van der Waals surface area (Å²) in [5, 5.41) is 6.58. The zero-order chi connectivity index (χ0) is 23.5. The number of nitrogens with zero attached hydrogens (tertiary/aromatic N) is 2. The lowest BCUT2D eigenvalue weighted by Crippen LogP contribution is -2.18. The van der Waals surface area contributed by atoms with Crippen molar-refractivity contribution in [2.24, 2.45) is 0 Å². The average Bonchev–Trinajstić information content (AvgIpc) is 2.85. The van der Waals surface area contributed by atoms with Crippen LogP contribution in [-0.4, -0.2) is 15.5 Å². The predicted octanol–water partition coefficient (Wildman–Crippen LogP) is 5.69. The summed E-state index contributed by atoms with van der Waals surface area (Å²) in [5.74, 6) is 0.276. The van der Waals surface area contributed by atoms with Crippen molar-refractivity contribution in [1.82, 2.24) is 9.55 Å². The smallest absolute Gasteiger partial charge is 0.257 e. The molecular formula is C28H22N4O2. The molecule has 0 spiro atoms. The number of amides is 1. The summed E-state index contributed by atoms with van der Waals surface area (Å²) >= 11 is 0. The molecule has 2 N–H and O–H groups in total. The van der Waals surface area contributed by atoms with Gasteiger partial charge in [0.2, 0.25) is 0 Å². The summed E-state index contributed by atoms with van der Waals surface area (Å²) in [5.41, 5.74) is 3.52. The molecule has 5 aromatic rings. The molecule has 0 saturated heterocycles. The standard InChI is InChI=1S/C28H22N4O2/c1-19-23(28(34)31-21-13-7-3-8-14-21)17-24-25(33)18-26(30-20-11-5-2-6-12-20)32(27(24)29-19)22-15-9-4-10-16-22/h2-18,30H,1H3,(H,31,34). The van der Waals surface area contributed by atoms with Crippen LogP contribution in [0.3, 0.4) is 0 Å². The fourth-order valence-corrected chi connectivity index (χ4v) is 3.87. The van der Waals surface area contributed by atoms with Gasteiger partial charge in [0, 0.05) is 23.1 Å².